The van der Waals surface area contributed by atoms with Gasteiger partial charge in [-0.15, -0.1) is 0 Å². The van der Waals surface area contributed by atoms with E-state index in [1.165, 1.54) is 340 Å². The second-order valence-corrected chi connectivity index (χ2v) is 26.3. The maximum absolute atomic E-state index is 12.6. The van der Waals surface area contributed by atoms with Gasteiger partial charge in [-0.2, -0.15) is 0 Å². The topological polar surface area (TPSA) is 95.9 Å². The molecule has 0 bridgehead atoms. The fourth-order valence-corrected chi connectivity index (χ4v) is 12.0. The number of carbonyl (C=O) groups is 2. The van der Waals surface area contributed by atoms with Crippen molar-refractivity contribution < 1.29 is 24.5 Å². The number of unbranched alkanes of at least 4 members (excludes halogenated alkanes) is 55. The van der Waals surface area contributed by atoms with Crippen LogP contribution in [0, 0.1) is 0 Å². The first kappa shape index (κ1) is 82.8. The third-order valence-corrected chi connectivity index (χ3v) is 17.8. The number of carbonyl (C=O) groups excluding carboxylic acids is 2. The van der Waals surface area contributed by atoms with Crippen LogP contribution in [-0.4, -0.2) is 47.4 Å². The van der Waals surface area contributed by atoms with E-state index in [2.05, 4.69) is 55.6 Å². The van der Waals surface area contributed by atoms with E-state index in [9.17, 15) is 19.8 Å². The molecule has 2 atom stereocenters. The van der Waals surface area contributed by atoms with Crippen LogP contribution in [0.4, 0.5) is 0 Å². The minimum atomic E-state index is -0.848. The van der Waals surface area contributed by atoms with Crippen LogP contribution < -0.4 is 5.32 Å². The molecule has 0 aliphatic carbocycles. The SMILES string of the molecule is CCCCCC/C=C\C/C=C\CCCCCCCC(=O)OCCCCCCCCCCCCCC/C=C\CCCCCCCCCCCCCC(=O)NC(CO)C(O)/C=C/CCCCCCCCCCCCCCCCCCCCCCCCC. The molecule has 6 nitrogen and oxygen atoms in total. The van der Waals surface area contributed by atoms with E-state index in [1.54, 1.807) is 6.08 Å². The van der Waals surface area contributed by atoms with Gasteiger partial charge in [0.05, 0.1) is 25.4 Å². The summed E-state index contributed by atoms with van der Waals surface area (Å²) in [5.74, 6) is -0.0630. The number of hydrogen-bond acceptors (Lipinski definition) is 5. The van der Waals surface area contributed by atoms with Crippen molar-refractivity contribution in [2.75, 3.05) is 13.2 Å². The van der Waals surface area contributed by atoms with Gasteiger partial charge in [-0.05, 0) is 89.9 Å². The predicted molar refractivity (Wildman–Crippen MR) is 375 cm³/mol. The predicted octanol–water partition coefficient (Wildman–Crippen LogP) is 25.2. The Kier molecular flexibility index (Phi) is 72.4. The summed E-state index contributed by atoms with van der Waals surface area (Å²) in [6.07, 6.45) is 97.8. The Morgan fingerprint density at radius 1 is 0.329 bits per heavy atom. The third-order valence-electron chi connectivity index (χ3n) is 17.8. The third kappa shape index (κ3) is 70.8. The van der Waals surface area contributed by atoms with Gasteiger partial charge >= 0.3 is 5.97 Å². The first-order chi connectivity index (χ1) is 42.0. The monoisotopic (exact) mass is 1190 g/mol. The number of esters is 1. The molecule has 0 aromatic heterocycles. The summed E-state index contributed by atoms with van der Waals surface area (Å²) in [6.45, 7) is 4.92. The van der Waals surface area contributed by atoms with Crippen LogP contribution >= 0.6 is 0 Å². The highest BCUT2D eigenvalue weighted by molar-refractivity contribution is 5.76. The molecule has 0 aromatic carbocycles. The highest BCUT2D eigenvalue weighted by atomic mass is 16.5. The van der Waals surface area contributed by atoms with Crippen LogP contribution in [0.25, 0.3) is 0 Å². The van der Waals surface area contributed by atoms with E-state index in [-0.39, 0.29) is 18.5 Å². The lowest BCUT2D eigenvalue weighted by Gasteiger charge is -2.20. The molecular weight excluding hydrogens is 1040 g/mol. The number of aliphatic hydroxyl groups excluding tert-OH is 2. The van der Waals surface area contributed by atoms with Gasteiger partial charge in [0.2, 0.25) is 5.91 Å². The summed E-state index contributed by atoms with van der Waals surface area (Å²) in [4.78, 5) is 24.6. The standard InChI is InChI=1S/C79H149NO5/c1-3-5-7-9-11-13-15-17-19-21-22-23-24-28-31-34-37-40-43-47-51-55-59-63-67-71-77(82)76(75-81)80-78(83)72-68-64-60-56-52-48-44-41-38-35-32-29-26-25-27-30-33-36-39-42-46-50-54-58-62-66-70-74-85-79(84)73-69-65-61-57-53-49-45-20-18-16-14-12-10-8-6-4-2/h14,16,20,25-26,45,67,71,76-77,81-82H,3-13,15,17-19,21-24,27-44,46-66,68-70,72-75H2,1-2H3,(H,80,83)/b16-14-,26-25-,45-20-,71-67+. The first-order valence-corrected chi connectivity index (χ1v) is 38.4. The molecule has 0 radical (unpaired) electrons. The molecule has 500 valence electrons. The van der Waals surface area contributed by atoms with Gasteiger partial charge in [-0.3, -0.25) is 9.59 Å². The number of ether oxygens (including phenoxy) is 1. The summed E-state index contributed by atoms with van der Waals surface area (Å²) in [7, 11) is 0. The van der Waals surface area contributed by atoms with E-state index < -0.39 is 12.1 Å². The second kappa shape index (κ2) is 74.3. The molecule has 0 spiro atoms. The van der Waals surface area contributed by atoms with E-state index in [1.807, 2.05) is 6.08 Å². The van der Waals surface area contributed by atoms with E-state index in [4.69, 9.17) is 4.74 Å². The van der Waals surface area contributed by atoms with Crippen molar-refractivity contribution in [3.63, 3.8) is 0 Å². The van der Waals surface area contributed by atoms with Crippen LogP contribution in [0.3, 0.4) is 0 Å². The molecule has 0 rings (SSSR count). The molecule has 0 aliphatic heterocycles. The normalized spacial score (nSPS) is 12.8. The largest absolute Gasteiger partial charge is 0.466 e. The van der Waals surface area contributed by atoms with E-state index >= 15 is 0 Å². The Labute approximate surface area is 531 Å². The zero-order valence-corrected chi connectivity index (χ0v) is 57.4. The maximum Gasteiger partial charge on any atom is 0.305 e. The van der Waals surface area contributed by atoms with Crippen molar-refractivity contribution >= 4 is 11.9 Å². The van der Waals surface area contributed by atoms with Gasteiger partial charge in [0.1, 0.15) is 0 Å². The van der Waals surface area contributed by atoms with Crippen molar-refractivity contribution in [1.82, 2.24) is 5.32 Å². The highest BCUT2D eigenvalue weighted by Crippen LogP contribution is 2.19. The van der Waals surface area contributed by atoms with Gasteiger partial charge in [0.15, 0.2) is 0 Å². The number of hydrogen-bond donors (Lipinski definition) is 3. The summed E-state index contributed by atoms with van der Waals surface area (Å²) in [5.41, 5.74) is 0. The van der Waals surface area contributed by atoms with Crippen molar-refractivity contribution in [3.05, 3.63) is 48.6 Å². The number of amides is 1. The molecule has 0 aliphatic rings. The molecule has 1 amide bonds. The Morgan fingerprint density at radius 2 is 0.588 bits per heavy atom. The van der Waals surface area contributed by atoms with Crippen LogP contribution in [0.5, 0.6) is 0 Å². The smallest absolute Gasteiger partial charge is 0.305 e. The number of rotatable bonds is 72. The van der Waals surface area contributed by atoms with Crippen LogP contribution in [-0.2, 0) is 14.3 Å². The first-order valence-electron chi connectivity index (χ1n) is 38.4. The van der Waals surface area contributed by atoms with Crippen LogP contribution in [0.1, 0.15) is 418 Å². The molecule has 3 N–H and O–H groups in total. The van der Waals surface area contributed by atoms with Crippen molar-refractivity contribution in [1.29, 1.82) is 0 Å². The molecule has 0 saturated carbocycles. The lowest BCUT2D eigenvalue weighted by molar-refractivity contribution is -0.143. The zero-order chi connectivity index (χ0) is 61.3. The summed E-state index contributed by atoms with van der Waals surface area (Å²) in [6, 6.07) is -0.631. The minimum Gasteiger partial charge on any atom is -0.466 e. The molecule has 0 fully saturated rings. The van der Waals surface area contributed by atoms with Crippen LogP contribution in [0.15, 0.2) is 48.6 Å². The van der Waals surface area contributed by atoms with Gasteiger partial charge in [0, 0.05) is 12.8 Å². The quantitative estimate of drug-likeness (QED) is 0.0320. The Hall–Kier alpha value is -2.18. The number of aliphatic hydroxyl groups is 2. The highest BCUT2D eigenvalue weighted by Gasteiger charge is 2.18. The maximum atomic E-state index is 12.6. The van der Waals surface area contributed by atoms with Gasteiger partial charge in [-0.25, -0.2) is 0 Å². The van der Waals surface area contributed by atoms with E-state index in [0.29, 0.717) is 19.4 Å². The molecular formula is C79H149NO5. The lowest BCUT2D eigenvalue weighted by atomic mass is 10.0. The average molecular weight is 1190 g/mol. The van der Waals surface area contributed by atoms with Crippen molar-refractivity contribution in [3.8, 4) is 0 Å². The minimum absolute atomic E-state index is 0.00171. The van der Waals surface area contributed by atoms with E-state index in [0.717, 1.165) is 51.4 Å². The molecule has 2 unspecified atom stereocenters. The fraction of sp³-hybridized carbons (Fsp3) is 0.873. The molecule has 0 aromatic rings. The fourth-order valence-electron chi connectivity index (χ4n) is 12.0. The van der Waals surface area contributed by atoms with Gasteiger partial charge in [-0.1, -0.05) is 364 Å². The zero-order valence-electron chi connectivity index (χ0n) is 57.4. The lowest BCUT2D eigenvalue weighted by Crippen LogP contribution is -2.45. The summed E-state index contributed by atoms with van der Waals surface area (Å²) >= 11 is 0. The molecule has 0 saturated heterocycles. The molecule has 6 heteroatoms. The Morgan fingerprint density at radius 3 is 0.918 bits per heavy atom. The van der Waals surface area contributed by atoms with Crippen LogP contribution in [0.2, 0.25) is 0 Å². The second-order valence-electron chi connectivity index (χ2n) is 26.3. The van der Waals surface area contributed by atoms with Gasteiger partial charge in [0.25, 0.3) is 0 Å². The summed E-state index contributed by atoms with van der Waals surface area (Å²) in [5, 5.41) is 23.3. The molecule has 85 heavy (non-hydrogen) atoms. The molecule has 0 heterocycles. The number of nitrogens with one attached hydrogen (secondary N) is 1. The Balaban J connectivity index is 3.42. The number of allylic oxidation sites excluding steroid dienone is 7. The Bertz CT molecular complexity index is 1420. The van der Waals surface area contributed by atoms with Crippen molar-refractivity contribution in [2.45, 2.75) is 431 Å². The van der Waals surface area contributed by atoms with Gasteiger partial charge < -0.3 is 20.3 Å². The average Bonchev–Trinajstić information content (AvgIpc) is 3.51. The summed E-state index contributed by atoms with van der Waals surface area (Å²) < 4.78 is 5.49. The van der Waals surface area contributed by atoms with Crippen molar-refractivity contribution in [2.24, 2.45) is 0 Å².